The Kier molecular flexibility index (Phi) is 12.1. The van der Waals surface area contributed by atoms with Gasteiger partial charge in [0.25, 0.3) is 0 Å². The van der Waals surface area contributed by atoms with Crippen LogP contribution in [0.2, 0.25) is 0 Å². The van der Waals surface area contributed by atoms with Gasteiger partial charge in [0.15, 0.2) is 0 Å². The number of rotatable bonds is 15. The molecule has 2 fully saturated rings. The minimum atomic E-state index is -1.67. The number of amides is 7. The van der Waals surface area contributed by atoms with Gasteiger partial charge in [0.05, 0.1) is 30.8 Å². The van der Waals surface area contributed by atoms with Gasteiger partial charge in [0.1, 0.15) is 18.6 Å². The highest BCUT2D eigenvalue weighted by atomic mass is 32.2. The Labute approximate surface area is 231 Å². The molecule has 0 saturated carbocycles. The fourth-order valence-corrected chi connectivity index (χ4v) is 5.24. The monoisotopic (exact) mass is 591 g/mol. The Morgan fingerprint density at radius 1 is 0.872 bits per heavy atom. The van der Waals surface area contributed by atoms with Crippen LogP contribution >= 0.6 is 24.4 Å². The second-order valence-corrected chi connectivity index (χ2v) is 10.0. The number of nitrogens with one attached hydrogen (secondary N) is 7. The predicted octanol–water partition coefficient (Wildman–Crippen LogP) is -4.65. The maximum Gasteiger partial charge on any atom is 0.322 e. The van der Waals surface area contributed by atoms with Crippen LogP contribution in [0, 0.1) is 0 Å². The second kappa shape index (κ2) is 15.0. The fourth-order valence-electron chi connectivity index (χ4n) is 3.67. The maximum atomic E-state index is 12.7. The van der Waals surface area contributed by atoms with Crippen molar-refractivity contribution < 1.29 is 48.6 Å². The van der Waals surface area contributed by atoms with Gasteiger partial charge in [-0.05, 0) is 0 Å². The average Bonchev–Trinajstić information content (AvgIpc) is 3.42. The molecule has 0 bridgehead atoms. The lowest BCUT2D eigenvalue weighted by molar-refractivity contribution is -0.141. The van der Waals surface area contributed by atoms with Crippen LogP contribution < -0.4 is 37.2 Å². The number of carbonyl (C=O) groups is 8. The lowest BCUT2D eigenvalue weighted by atomic mass is 10.1. The first-order chi connectivity index (χ1) is 18.4. The average molecular weight is 592 g/mol. The first-order valence-corrected chi connectivity index (χ1v) is 13.2. The molecule has 2 saturated heterocycles. The van der Waals surface area contributed by atoms with E-state index < -0.39 is 79.6 Å². The minimum Gasteiger partial charge on any atom is -0.481 e. The molecule has 17 nitrogen and oxygen atoms in total. The molecule has 0 aromatic rings. The summed E-state index contributed by atoms with van der Waals surface area (Å²) in [5.41, 5.74) is 0. The van der Waals surface area contributed by atoms with E-state index in [1.807, 2.05) is 5.32 Å². The summed E-state index contributed by atoms with van der Waals surface area (Å²) in [5.74, 6) is -6.53. The van der Waals surface area contributed by atoms with E-state index in [-0.39, 0.29) is 35.5 Å². The van der Waals surface area contributed by atoms with E-state index >= 15 is 0 Å². The molecule has 5 atom stereocenters. The quantitative estimate of drug-likeness (QED) is 0.0639. The predicted molar refractivity (Wildman–Crippen MR) is 137 cm³/mol. The number of aliphatic carboxylic acids is 2. The summed E-state index contributed by atoms with van der Waals surface area (Å²) in [6, 6.07) is -3.70. The van der Waals surface area contributed by atoms with Crippen LogP contribution in [-0.4, -0.2) is 118 Å². The third kappa shape index (κ3) is 10.5. The molecule has 2 aliphatic heterocycles. The number of carboxylic acid groups (broad SMARTS) is 2. The molecule has 0 radical (unpaired) electrons. The Hall–Kier alpha value is -3.74. The van der Waals surface area contributed by atoms with E-state index in [4.69, 9.17) is 10.2 Å². The van der Waals surface area contributed by atoms with Gasteiger partial charge in [-0.2, -0.15) is 24.4 Å². The maximum absolute atomic E-state index is 12.7. The summed E-state index contributed by atoms with van der Waals surface area (Å²) in [4.78, 5) is 94.4. The highest BCUT2D eigenvalue weighted by Gasteiger charge is 2.43. The third-order valence-electron chi connectivity index (χ3n) is 5.50. The molecule has 216 valence electrons. The SMILES string of the molecule is O=C(O)CNC(=O)C(CC(=O)O)NC(=O)C(CNC(=O)CNC(=O)CC1SCC2NC(=O)NC21)NC(=O)CS. The van der Waals surface area contributed by atoms with Crippen LogP contribution in [0.1, 0.15) is 12.8 Å². The van der Waals surface area contributed by atoms with Crippen molar-refractivity contribution in [2.75, 3.05) is 31.1 Å². The number of thioether (sulfide) groups is 1. The van der Waals surface area contributed by atoms with Gasteiger partial charge < -0.3 is 47.4 Å². The van der Waals surface area contributed by atoms with Crippen LogP contribution in [0.3, 0.4) is 0 Å². The van der Waals surface area contributed by atoms with Crippen LogP contribution in [0.5, 0.6) is 0 Å². The number of hydrogen-bond donors (Lipinski definition) is 10. The van der Waals surface area contributed by atoms with Crippen molar-refractivity contribution in [1.29, 1.82) is 0 Å². The van der Waals surface area contributed by atoms with Gasteiger partial charge in [-0.1, -0.05) is 0 Å². The number of carboxylic acids is 2. The molecule has 9 N–H and O–H groups in total. The molecular formula is C20H29N7O10S2. The number of fused-ring (bicyclic) bond motifs is 1. The minimum absolute atomic E-state index is 0.0546. The van der Waals surface area contributed by atoms with Crippen molar-refractivity contribution in [2.24, 2.45) is 0 Å². The third-order valence-corrected chi connectivity index (χ3v) is 7.22. The molecule has 2 heterocycles. The lowest BCUT2D eigenvalue weighted by Crippen LogP contribution is -2.58. The van der Waals surface area contributed by atoms with E-state index in [1.54, 1.807) is 0 Å². The molecule has 0 aromatic carbocycles. The van der Waals surface area contributed by atoms with Crippen molar-refractivity contribution in [3.8, 4) is 0 Å². The zero-order valence-corrected chi connectivity index (χ0v) is 22.1. The molecule has 7 amide bonds. The first kappa shape index (κ1) is 31.5. The molecule has 0 aromatic heterocycles. The summed E-state index contributed by atoms with van der Waals surface area (Å²) in [6.45, 7) is -1.77. The Balaban J connectivity index is 1.88. The van der Waals surface area contributed by atoms with Gasteiger partial charge in [-0.15, -0.1) is 0 Å². The number of hydrogen-bond acceptors (Lipinski definition) is 10. The van der Waals surface area contributed by atoms with Gasteiger partial charge in [-0.25, -0.2) is 4.79 Å². The summed E-state index contributed by atoms with van der Waals surface area (Å²) < 4.78 is 0. The van der Waals surface area contributed by atoms with Gasteiger partial charge in [0.2, 0.25) is 29.5 Å². The van der Waals surface area contributed by atoms with Gasteiger partial charge >= 0.3 is 18.0 Å². The number of urea groups is 1. The van der Waals surface area contributed by atoms with Crippen molar-refractivity contribution >= 4 is 71.9 Å². The Bertz CT molecular complexity index is 1010. The fraction of sp³-hybridized carbons (Fsp3) is 0.600. The second-order valence-electron chi connectivity index (χ2n) is 8.46. The van der Waals surface area contributed by atoms with Gasteiger partial charge in [-0.3, -0.25) is 33.6 Å². The summed E-state index contributed by atoms with van der Waals surface area (Å²) in [7, 11) is 0. The Morgan fingerprint density at radius 3 is 2.23 bits per heavy atom. The Morgan fingerprint density at radius 2 is 1.59 bits per heavy atom. The normalized spacial score (nSPS) is 20.7. The zero-order chi connectivity index (χ0) is 29.1. The highest BCUT2D eigenvalue weighted by Crippen LogP contribution is 2.31. The number of carbonyl (C=O) groups excluding carboxylic acids is 6. The molecular weight excluding hydrogens is 562 g/mol. The van der Waals surface area contributed by atoms with Crippen molar-refractivity contribution in [3.05, 3.63) is 0 Å². The van der Waals surface area contributed by atoms with Crippen molar-refractivity contribution in [3.63, 3.8) is 0 Å². The van der Waals surface area contributed by atoms with E-state index in [2.05, 4.69) is 44.5 Å². The highest BCUT2D eigenvalue weighted by molar-refractivity contribution is 8.00. The largest absolute Gasteiger partial charge is 0.481 e. The lowest BCUT2D eigenvalue weighted by Gasteiger charge is -2.22. The standard InChI is InChI=1S/C20H29N7O10S2/c28-12(2-11-17-10(7-39-11)26-20(37)27-17)22-4-13(29)21-3-9(24-14(30)6-38)19(36)25-8(1-15(31)32)18(35)23-5-16(33)34/h8-11,17,38H,1-7H2,(H,21,29)(H,22,28)(H,23,35)(H,24,30)(H,25,36)(H,31,32)(H,33,34)(H2,26,27,37). The van der Waals surface area contributed by atoms with E-state index in [0.717, 1.165) is 0 Å². The topological polar surface area (TPSA) is 261 Å². The van der Waals surface area contributed by atoms with Crippen molar-refractivity contribution in [2.45, 2.75) is 42.3 Å². The summed E-state index contributed by atoms with van der Waals surface area (Å²) in [5, 5.41) is 34.1. The smallest absolute Gasteiger partial charge is 0.322 e. The van der Waals surface area contributed by atoms with Crippen LogP contribution in [-0.2, 0) is 33.6 Å². The number of thiol groups is 1. The molecule has 5 unspecified atom stereocenters. The molecule has 2 aliphatic rings. The molecule has 0 spiro atoms. The summed E-state index contributed by atoms with van der Waals surface area (Å²) >= 11 is 5.30. The first-order valence-electron chi connectivity index (χ1n) is 11.5. The van der Waals surface area contributed by atoms with E-state index in [9.17, 15) is 38.4 Å². The molecule has 39 heavy (non-hydrogen) atoms. The van der Waals surface area contributed by atoms with Crippen molar-refractivity contribution in [1.82, 2.24) is 37.2 Å². The summed E-state index contributed by atoms with van der Waals surface area (Å²) in [6.07, 6.45) is -0.831. The van der Waals surface area contributed by atoms with Crippen LogP contribution in [0.25, 0.3) is 0 Å². The van der Waals surface area contributed by atoms with Crippen LogP contribution in [0.15, 0.2) is 0 Å². The van der Waals surface area contributed by atoms with Crippen LogP contribution in [0.4, 0.5) is 4.79 Å². The van der Waals surface area contributed by atoms with E-state index in [1.165, 1.54) is 11.8 Å². The zero-order valence-electron chi connectivity index (χ0n) is 20.4. The van der Waals surface area contributed by atoms with E-state index in [0.29, 0.717) is 5.75 Å². The molecule has 0 aliphatic carbocycles. The van der Waals surface area contributed by atoms with Gasteiger partial charge in [0, 0.05) is 24.0 Å². The molecule has 2 rings (SSSR count). The molecule has 19 heteroatoms.